The summed E-state index contributed by atoms with van der Waals surface area (Å²) in [5.41, 5.74) is 3.48. The lowest BCUT2D eigenvalue weighted by Crippen LogP contribution is -2.15. The number of fused-ring (bicyclic) bond motifs is 1. The van der Waals surface area contributed by atoms with Gasteiger partial charge < -0.3 is 14.7 Å². The van der Waals surface area contributed by atoms with Gasteiger partial charge in [-0.3, -0.25) is 4.79 Å². The van der Waals surface area contributed by atoms with E-state index in [-0.39, 0.29) is 11.7 Å². The molecule has 4 rings (SSSR count). The quantitative estimate of drug-likeness (QED) is 0.426. The minimum absolute atomic E-state index is 0.160. The zero-order valence-electron chi connectivity index (χ0n) is 16.0. The van der Waals surface area contributed by atoms with Crippen LogP contribution in [0.5, 0.6) is 0 Å². The van der Waals surface area contributed by atoms with Crippen molar-refractivity contribution in [2.75, 3.05) is 11.1 Å². The minimum atomic E-state index is -0.160. The summed E-state index contributed by atoms with van der Waals surface area (Å²) in [5.74, 6) is 1.16. The Labute approximate surface area is 172 Å². The minimum Gasteiger partial charge on any atom is -0.416 e. The largest absolute Gasteiger partial charge is 0.416 e. The van der Waals surface area contributed by atoms with E-state index in [1.807, 2.05) is 31.2 Å². The molecule has 29 heavy (non-hydrogen) atoms. The molecule has 0 atom stereocenters. The first kappa shape index (κ1) is 19.2. The fraction of sp³-hybridized carbons (Fsp3) is 0.238. The number of aromatic amines is 1. The first-order valence-electron chi connectivity index (χ1n) is 9.40. The number of anilines is 1. The Morgan fingerprint density at radius 3 is 3.00 bits per heavy atom. The van der Waals surface area contributed by atoms with Gasteiger partial charge in [-0.05, 0) is 49.1 Å². The second-order valence-corrected chi connectivity index (χ2v) is 7.66. The molecule has 0 fully saturated rings. The normalized spacial score (nSPS) is 11.1. The Bertz CT molecular complexity index is 1120. The maximum Gasteiger partial charge on any atom is 0.277 e. The molecule has 8 heteroatoms. The fourth-order valence-electron chi connectivity index (χ4n) is 3.08. The number of aromatic nitrogens is 4. The first-order valence-corrected chi connectivity index (χ1v) is 10.4. The molecular formula is C21H21N5O2S. The van der Waals surface area contributed by atoms with Gasteiger partial charge in [0.15, 0.2) is 0 Å². The standard InChI is InChI=1S/C21H21N5O2S/c1-14-9-10-22-18(11-14)24-19(27)13-29-21-26-25-20(28-21)8-4-5-15-12-23-17-7-3-2-6-16(15)17/h2-3,6-7,9-12,23H,4-5,8,13H2,1H3,(H,22,24,27). The van der Waals surface area contributed by atoms with Gasteiger partial charge in [-0.2, -0.15) is 0 Å². The number of thioether (sulfide) groups is 1. The lowest BCUT2D eigenvalue weighted by Gasteiger charge is -2.03. The van der Waals surface area contributed by atoms with E-state index < -0.39 is 0 Å². The number of aryl methyl sites for hydroxylation is 3. The highest BCUT2D eigenvalue weighted by Gasteiger charge is 2.11. The van der Waals surface area contributed by atoms with Crippen molar-refractivity contribution >= 4 is 34.4 Å². The van der Waals surface area contributed by atoms with Crippen molar-refractivity contribution < 1.29 is 9.21 Å². The summed E-state index contributed by atoms with van der Waals surface area (Å²) in [5, 5.41) is 12.5. The van der Waals surface area contributed by atoms with Crippen molar-refractivity contribution in [1.82, 2.24) is 20.2 Å². The Kier molecular flexibility index (Phi) is 5.90. The number of H-pyrrole nitrogens is 1. The van der Waals surface area contributed by atoms with E-state index >= 15 is 0 Å². The van der Waals surface area contributed by atoms with Crippen molar-refractivity contribution in [3.05, 3.63) is 65.8 Å². The molecule has 0 spiro atoms. The summed E-state index contributed by atoms with van der Waals surface area (Å²) in [6.45, 7) is 1.95. The van der Waals surface area contributed by atoms with Crippen LogP contribution in [-0.4, -0.2) is 31.8 Å². The van der Waals surface area contributed by atoms with Crippen LogP contribution in [0, 0.1) is 6.92 Å². The number of nitrogens with one attached hydrogen (secondary N) is 2. The highest BCUT2D eigenvalue weighted by molar-refractivity contribution is 7.99. The summed E-state index contributed by atoms with van der Waals surface area (Å²) in [6.07, 6.45) is 6.26. The second-order valence-electron chi connectivity index (χ2n) is 6.73. The molecule has 0 aliphatic heterocycles. The number of benzene rings is 1. The van der Waals surface area contributed by atoms with Crippen LogP contribution in [0.1, 0.15) is 23.4 Å². The Hall–Kier alpha value is -3.13. The van der Waals surface area contributed by atoms with Gasteiger partial charge in [0.25, 0.3) is 5.22 Å². The molecule has 7 nitrogen and oxygen atoms in total. The van der Waals surface area contributed by atoms with Gasteiger partial charge in [-0.1, -0.05) is 30.0 Å². The lowest BCUT2D eigenvalue weighted by molar-refractivity contribution is -0.113. The van der Waals surface area contributed by atoms with Gasteiger partial charge in [0, 0.05) is 29.7 Å². The SMILES string of the molecule is Cc1ccnc(NC(=O)CSc2nnc(CCCc3c[nH]c4ccccc34)o2)c1. The molecule has 0 aliphatic rings. The average molecular weight is 407 g/mol. The number of carbonyl (C=O) groups is 1. The molecule has 1 aromatic carbocycles. The first-order chi connectivity index (χ1) is 14.2. The van der Waals surface area contributed by atoms with Crippen LogP contribution in [0.15, 0.2) is 58.4 Å². The van der Waals surface area contributed by atoms with Crippen molar-refractivity contribution in [3.8, 4) is 0 Å². The van der Waals surface area contributed by atoms with E-state index in [2.05, 4.69) is 43.8 Å². The summed E-state index contributed by atoms with van der Waals surface area (Å²) < 4.78 is 5.65. The summed E-state index contributed by atoms with van der Waals surface area (Å²) in [7, 11) is 0. The van der Waals surface area contributed by atoms with Gasteiger partial charge in [0.2, 0.25) is 11.8 Å². The predicted octanol–water partition coefficient (Wildman–Crippen LogP) is 4.16. The molecule has 0 saturated carbocycles. The number of carbonyl (C=O) groups excluding carboxylic acids is 1. The molecule has 3 aromatic heterocycles. The lowest BCUT2D eigenvalue weighted by atomic mass is 10.1. The van der Waals surface area contributed by atoms with Crippen LogP contribution >= 0.6 is 11.8 Å². The molecular weight excluding hydrogens is 386 g/mol. The highest BCUT2D eigenvalue weighted by atomic mass is 32.2. The van der Waals surface area contributed by atoms with Gasteiger partial charge in [-0.25, -0.2) is 4.98 Å². The summed E-state index contributed by atoms with van der Waals surface area (Å²) in [6, 6.07) is 12.0. The van der Waals surface area contributed by atoms with Crippen molar-refractivity contribution in [3.63, 3.8) is 0 Å². The third kappa shape index (κ3) is 5.03. The van der Waals surface area contributed by atoms with Gasteiger partial charge >= 0.3 is 0 Å². The van der Waals surface area contributed by atoms with E-state index in [0.29, 0.717) is 23.4 Å². The predicted molar refractivity (Wildman–Crippen MR) is 113 cm³/mol. The third-order valence-electron chi connectivity index (χ3n) is 4.47. The van der Waals surface area contributed by atoms with E-state index in [4.69, 9.17) is 4.42 Å². The van der Waals surface area contributed by atoms with E-state index in [1.54, 1.807) is 6.20 Å². The number of pyridine rings is 1. The number of rotatable bonds is 8. The third-order valence-corrected chi connectivity index (χ3v) is 5.29. The van der Waals surface area contributed by atoms with Gasteiger partial charge in [-0.15, -0.1) is 10.2 Å². The smallest absolute Gasteiger partial charge is 0.277 e. The number of hydrogen-bond donors (Lipinski definition) is 2. The number of para-hydroxylation sites is 1. The number of amides is 1. The Balaban J connectivity index is 1.23. The van der Waals surface area contributed by atoms with Gasteiger partial charge in [0.1, 0.15) is 5.82 Å². The Morgan fingerprint density at radius 1 is 1.21 bits per heavy atom. The number of hydrogen-bond acceptors (Lipinski definition) is 6. The summed E-state index contributed by atoms with van der Waals surface area (Å²) >= 11 is 1.22. The number of nitrogens with zero attached hydrogens (tertiary/aromatic N) is 3. The molecule has 0 aliphatic carbocycles. The van der Waals surface area contributed by atoms with E-state index in [9.17, 15) is 4.79 Å². The zero-order valence-corrected chi connectivity index (χ0v) is 16.8. The van der Waals surface area contributed by atoms with Crippen molar-refractivity contribution in [2.45, 2.75) is 31.4 Å². The Morgan fingerprint density at radius 2 is 2.10 bits per heavy atom. The summed E-state index contributed by atoms with van der Waals surface area (Å²) in [4.78, 5) is 19.5. The average Bonchev–Trinajstić information content (AvgIpc) is 3.34. The molecule has 0 bridgehead atoms. The zero-order chi connectivity index (χ0) is 20.1. The molecule has 4 aromatic rings. The van der Waals surface area contributed by atoms with Crippen LogP contribution in [0.3, 0.4) is 0 Å². The molecule has 0 unspecified atom stereocenters. The topological polar surface area (TPSA) is 96.7 Å². The van der Waals surface area contributed by atoms with Crippen LogP contribution in [0.4, 0.5) is 5.82 Å². The highest BCUT2D eigenvalue weighted by Crippen LogP contribution is 2.21. The molecule has 2 N–H and O–H groups in total. The second kappa shape index (κ2) is 8.91. The fourth-order valence-corrected chi connectivity index (χ4v) is 3.66. The van der Waals surface area contributed by atoms with E-state index in [1.165, 1.54) is 22.7 Å². The molecule has 0 radical (unpaired) electrons. The molecule has 3 heterocycles. The van der Waals surface area contributed by atoms with Crippen LogP contribution in [-0.2, 0) is 17.6 Å². The van der Waals surface area contributed by atoms with E-state index in [0.717, 1.165) is 23.9 Å². The van der Waals surface area contributed by atoms with Crippen LogP contribution in [0.25, 0.3) is 10.9 Å². The van der Waals surface area contributed by atoms with Crippen LogP contribution < -0.4 is 5.32 Å². The molecule has 1 amide bonds. The van der Waals surface area contributed by atoms with Crippen molar-refractivity contribution in [1.29, 1.82) is 0 Å². The maximum atomic E-state index is 12.0. The molecule has 0 saturated heterocycles. The van der Waals surface area contributed by atoms with Gasteiger partial charge in [0.05, 0.1) is 5.75 Å². The molecule has 148 valence electrons. The van der Waals surface area contributed by atoms with Crippen molar-refractivity contribution in [2.24, 2.45) is 0 Å². The van der Waals surface area contributed by atoms with Crippen LogP contribution in [0.2, 0.25) is 0 Å². The maximum absolute atomic E-state index is 12.0. The monoisotopic (exact) mass is 407 g/mol.